The Balaban J connectivity index is 1.76. The zero-order valence-electron chi connectivity index (χ0n) is 14.1. The van der Waals surface area contributed by atoms with Gasteiger partial charge in [-0.25, -0.2) is 0 Å². The van der Waals surface area contributed by atoms with Crippen LogP contribution in [0.25, 0.3) is 10.6 Å². The fourth-order valence-corrected chi connectivity index (χ4v) is 3.84. The fraction of sp³-hybridized carbons (Fsp3) is 0.278. The van der Waals surface area contributed by atoms with Crippen LogP contribution in [0.15, 0.2) is 48.7 Å². The van der Waals surface area contributed by atoms with Crippen molar-refractivity contribution in [1.82, 2.24) is 9.78 Å². The highest BCUT2D eigenvalue weighted by molar-refractivity contribution is 7.19. The van der Waals surface area contributed by atoms with Crippen molar-refractivity contribution in [2.45, 2.75) is 18.6 Å². The van der Waals surface area contributed by atoms with Crippen molar-refractivity contribution in [2.75, 3.05) is 11.9 Å². The average Bonchev–Trinajstić information content (AvgIpc) is 3.22. The third-order valence-corrected chi connectivity index (χ3v) is 5.14. The van der Waals surface area contributed by atoms with Crippen LogP contribution in [0, 0.1) is 0 Å². The number of anilines is 1. The molecule has 2 heterocycles. The second-order valence-electron chi connectivity index (χ2n) is 5.94. The molecule has 1 unspecified atom stereocenters. The molecule has 3 N–H and O–H groups in total. The van der Waals surface area contributed by atoms with E-state index in [1.54, 1.807) is 16.9 Å². The molecule has 1 aromatic carbocycles. The Morgan fingerprint density at radius 3 is 2.62 bits per heavy atom. The number of hydrogen-bond donors (Lipinski definition) is 2. The van der Waals surface area contributed by atoms with Gasteiger partial charge in [-0.2, -0.15) is 18.3 Å². The van der Waals surface area contributed by atoms with Crippen molar-refractivity contribution in [3.05, 3.63) is 59.8 Å². The number of hydrogen-bond acceptors (Lipinski definition) is 4. The lowest BCUT2D eigenvalue weighted by Gasteiger charge is -2.19. The van der Waals surface area contributed by atoms with Crippen LogP contribution in [0.5, 0.6) is 0 Å². The van der Waals surface area contributed by atoms with Crippen LogP contribution in [-0.2, 0) is 19.6 Å². The quantitative estimate of drug-likeness (QED) is 0.675. The molecule has 26 heavy (non-hydrogen) atoms. The molecule has 0 amide bonds. The Morgan fingerprint density at radius 1 is 1.19 bits per heavy atom. The Labute approximate surface area is 153 Å². The second kappa shape index (κ2) is 7.51. The summed E-state index contributed by atoms with van der Waals surface area (Å²) < 4.78 is 41.3. The molecule has 0 spiro atoms. The van der Waals surface area contributed by atoms with E-state index in [1.165, 1.54) is 23.5 Å². The van der Waals surface area contributed by atoms with Crippen molar-refractivity contribution in [3.8, 4) is 10.6 Å². The Kier molecular flexibility index (Phi) is 5.33. The van der Waals surface area contributed by atoms with Gasteiger partial charge in [0.05, 0.1) is 21.1 Å². The largest absolute Gasteiger partial charge is 0.416 e. The Morgan fingerprint density at radius 2 is 1.96 bits per heavy atom. The summed E-state index contributed by atoms with van der Waals surface area (Å²) in [5, 5.41) is 8.26. The first kappa shape index (κ1) is 18.5. The summed E-state index contributed by atoms with van der Waals surface area (Å²) >= 11 is 1.52. The standard InChI is InChI=1S/C18H19F3N4S/c1-25-15(8-9-23-25)16-6-7-17(26-16)24-13(11-22)10-12-4-2-3-5-14(12)18(19,20)21/h2-9,13,24H,10-11,22H2,1H3. The summed E-state index contributed by atoms with van der Waals surface area (Å²) in [4.78, 5) is 1.03. The maximum atomic E-state index is 13.2. The van der Waals surface area contributed by atoms with E-state index >= 15 is 0 Å². The van der Waals surface area contributed by atoms with Gasteiger partial charge in [0.2, 0.25) is 0 Å². The second-order valence-corrected chi connectivity index (χ2v) is 7.02. The van der Waals surface area contributed by atoms with E-state index in [9.17, 15) is 13.2 Å². The molecule has 0 aliphatic heterocycles. The lowest BCUT2D eigenvalue weighted by Crippen LogP contribution is -2.31. The molecular weight excluding hydrogens is 361 g/mol. The zero-order chi connectivity index (χ0) is 18.7. The first-order chi connectivity index (χ1) is 12.4. The van der Waals surface area contributed by atoms with Crippen LogP contribution in [0.3, 0.4) is 0 Å². The lowest BCUT2D eigenvalue weighted by molar-refractivity contribution is -0.138. The summed E-state index contributed by atoms with van der Waals surface area (Å²) in [6.07, 6.45) is -2.45. The van der Waals surface area contributed by atoms with Crippen LogP contribution in [-0.4, -0.2) is 22.4 Å². The summed E-state index contributed by atoms with van der Waals surface area (Å²) in [6, 6.07) is 11.1. The van der Waals surface area contributed by atoms with Crippen molar-refractivity contribution < 1.29 is 13.2 Å². The zero-order valence-corrected chi connectivity index (χ0v) is 14.9. The maximum Gasteiger partial charge on any atom is 0.416 e. The molecule has 1 atom stereocenters. The van der Waals surface area contributed by atoms with Gasteiger partial charge in [0.1, 0.15) is 0 Å². The molecule has 3 rings (SSSR count). The molecule has 2 aromatic heterocycles. The average molecular weight is 380 g/mol. The number of aromatic nitrogens is 2. The van der Waals surface area contributed by atoms with Gasteiger partial charge in [-0.05, 0) is 36.2 Å². The van der Waals surface area contributed by atoms with Gasteiger partial charge in [-0.3, -0.25) is 4.68 Å². The van der Waals surface area contributed by atoms with E-state index in [1.807, 2.05) is 25.2 Å². The summed E-state index contributed by atoms with van der Waals surface area (Å²) in [6.45, 7) is 0.227. The number of nitrogens with zero attached hydrogens (tertiary/aromatic N) is 2. The molecule has 0 aliphatic carbocycles. The normalized spacial score (nSPS) is 13.0. The predicted octanol–water partition coefficient (Wildman–Crippen LogP) is 4.15. The van der Waals surface area contributed by atoms with Gasteiger partial charge in [0, 0.05) is 25.8 Å². The van der Waals surface area contributed by atoms with Crippen molar-refractivity contribution in [2.24, 2.45) is 12.8 Å². The molecular formula is C18H19F3N4S. The molecule has 0 radical (unpaired) electrons. The highest BCUT2D eigenvalue weighted by Crippen LogP contribution is 2.34. The number of alkyl halides is 3. The van der Waals surface area contributed by atoms with Crippen LogP contribution >= 0.6 is 11.3 Å². The number of nitrogens with one attached hydrogen (secondary N) is 1. The molecule has 0 saturated heterocycles. The molecule has 8 heteroatoms. The van der Waals surface area contributed by atoms with E-state index in [0.717, 1.165) is 21.6 Å². The highest BCUT2D eigenvalue weighted by Gasteiger charge is 2.33. The minimum atomic E-state index is -4.37. The van der Waals surface area contributed by atoms with E-state index in [4.69, 9.17) is 5.73 Å². The number of nitrogens with two attached hydrogens (primary N) is 1. The number of rotatable bonds is 6. The first-order valence-electron chi connectivity index (χ1n) is 8.08. The lowest BCUT2D eigenvalue weighted by atomic mass is 10.00. The third kappa shape index (κ3) is 4.08. The smallest absolute Gasteiger partial charge is 0.373 e. The van der Waals surface area contributed by atoms with Crippen molar-refractivity contribution in [3.63, 3.8) is 0 Å². The summed E-state index contributed by atoms with van der Waals surface area (Å²) in [5.74, 6) is 0. The van der Waals surface area contributed by atoms with Gasteiger partial charge in [0.15, 0.2) is 0 Å². The van der Waals surface area contributed by atoms with E-state index in [2.05, 4.69) is 10.4 Å². The van der Waals surface area contributed by atoms with Crippen molar-refractivity contribution in [1.29, 1.82) is 0 Å². The van der Waals surface area contributed by atoms with E-state index in [-0.39, 0.29) is 24.6 Å². The first-order valence-corrected chi connectivity index (χ1v) is 8.90. The van der Waals surface area contributed by atoms with Gasteiger partial charge < -0.3 is 11.1 Å². The van der Waals surface area contributed by atoms with E-state index in [0.29, 0.717) is 0 Å². The molecule has 0 bridgehead atoms. The number of benzene rings is 1. The number of thiophene rings is 1. The van der Waals surface area contributed by atoms with Crippen LogP contribution in [0.1, 0.15) is 11.1 Å². The molecule has 0 fully saturated rings. The Hall–Kier alpha value is -2.32. The molecule has 4 nitrogen and oxygen atoms in total. The summed E-state index contributed by atoms with van der Waals surface area (Å²) in [5.41, 5.74) is 6.41. The van der Waals surface area contributed by atoms with Gasteiger partial charge in [-0.1, -0.05) is 18.2 Å². The third-order valence-electron chi connectivity index (χ3n) is 4.10. The molecule has 0 aliphatic rings. The van der Waals surface area contributed by atoms with Crippen LogP contribution in [0.4, 0.5) is 18.2 Å². The highest BCUT2D eigenvalue weighted by atomic mass is 32.1. The predicted molar refractivity (Wildman–Crippen MR) is 98.1 cm³/mol. The van der Waals surface area contributed by atoms with Gasteiger partial charge >= 0.3 is 6.18 Å². The Bertz CT molecular complexity index is 869. The SMILES string of the molecule is Cn1nccc1-c1ccc(NC(CN)Cc2ccccc2C(F)(F)F)s1. The van der Waals surface area contributed by atoms with Crippen LogP contribution < -0.4 is 11.1 Å². The maximum absolute atomic E-state index is 13.2. The molecule has 3 aromatic rings. The molecule has 138 valence electrons. The van der Waals surface area contributed by atoms with Gasteiger partial charge in [0.25, 0.3) is 0 Å². The number of halogens is 3. The topological polar surface area (TPSA) is 55.9 Å². The monoisotopic (exact) mass is 380 g/mol. The molecule has 0 saturated carbocycles. The van der Waals surface area contributed by atoms with Crippen molar-refractivity contribution >= 4 is 16.3 Å². The summed E-state index contributed by atoms with van der Waals surface area (Å²) in [7, 11) is 1.86. The number of aryl methyl sites for hydroxylation is 1. The van der Waals surface area contributed by atoms with Gasteiger partial charge in [-0.15, -0.1) is 11.3 Å². The van der Waals surface area contributed by atoms with E-state index < -0.39 is 11.7 Å². The minimum Gasteiger partial charge on any atom is -0.373 e. The fourth-order valence-electron chi connectivity index (χ4n) is 2.80. The minimum absolute atomic E-state index is 0.200. The van der Waals surface area contributed by atoms with Crippen LogP contribution in [0.2, 0.25) is 0 Å².